The van der Waals surface area contributed by atoms with Gasteiger partial charge in [0.1, 0.15) is 5.82 Å². The summed E-state index contributed by atoms with van der Waals surface area (Å²) in [5.74, 6) is 0.733. The number of aromatic amines is 1. The van der Waals surface area contributed by atoms with Gasteiger partial charge in [0, 0.05) is 32.1 Å². The molecule has 0 radical (unpaired) electrons. The van der Waals surface area contributed by atoms with Gasteiger partial charge in [0.05, 0.1) is 12.7 Å². The van der Waals surface area contributed by atoms with Crippen LogP contribution in [0.3, 0.4) is 0 Å². The lowest BCUT2D eigenvalue weighted by molar-refractivity contribution is 0.0101. The number of carbonyl (C=O) groups excluding carboxylic acids is 1. The zero-order chi connectivity index (χ0) is 14.8. The Morgan fingerprint density at radius 3 is 2.80 bits per heavy atom. The number of rotatable bonds is 3. The van der Waals surface area contributed by atoms with Gasteiger partial charge in [-0.2, -0.15) is 0 Å². The zero-order valence-corrected chi connectivity index (χ0v) is 12.6. The Balaban J connectivity index is 1.97. The smallest absolute Gasteiger partial charge is 0.293 e. The second-order valence-electron chi connectivity index (χ2n) is 6.14. The molecule has 1 saturated heterocycles. The Kier molecular flexibility index (Phi) is 4.39. The summed E-state index contributed by atoms with van der Waals surface area (Å²) in [6.45, 7) is 8.91. The number of amides is 1. The molecular weight excluding hydrogens is 258 g/mol. The van der Waals surface area contributed by atoms with Crippen molar-refractivity contribution in [3.8, 4) is 0 Å². The van der Waals surface area contributed by atoms with Crippen molar-refractivity contribution < 1.29 is 9.53 Å². The van der Waals surface area contributed by atoms with Crippen LogP contribution in [0.4, 0.5) is 0 Å². The molecule has 2 rings (SSSR count). The molecule has 0 aliphatic carbocycles. The van der Waals surface area contributed by atoms with Crippen molar-refractivity contribution in [3.63, 3.8) is 0 Å². The topological polar surface area (TPSA) is 83.1 Å². The minimum atomic E-state index is -0.189. The number of nitrogens with one attached hydrogen (secondary N) is 2. The fourth-order valence-corrected chi connectivity index (χ4v) is 1.99. The molecule has 1 amide bonds. The van der Waals surface area contributed by atoms with E-state index in [2.05, 4.69) is 20.5 Å². The lowest BCUT2D eigenvalue weighted by Gasteiger charge is -2.27. The Morgan fingerprint density at radius 1 is 1.50 bits per heavy atom. The summed E-state index contributed by atoms with van der Waals surface area (Å²) in [6, 6.07) is 0. The van der Waals surface area contributed by atoms with E-state index >= 15 is 0 Å². The third kappa shape index (κ3) is 3.55. The predicted molar refractivity (Wildman–Crippen MR) is 74.7 cm³/mol. The third-order valence-corrected chi connectivity index (χ3v) is 3.22. The Hall–Kier alpha value is -1.47. The minimum absolute atomic E-state index is 0.0266. The standard InChI is InChI=1S/C13H23N5O2/c1-13(2,3)12-15-10(16-17-12)11(19)18(4)8-9-7-14-5-6-20-9/h9,14H,5-8H2,1-4H3,(H,15,16,17). The maximum absolute atomic E-state index is 12.3. The van der Waals surface area contributed by atoms with Crippen molar-refractivity contribution in [2.24, 2.45) is 0 Å². The number of ether oxygens (including phenoxy) is 1. The average Bonchev–Trinajstić information content (AvgIpc) is 2.88. The molecule has 1 aromatic rings. The van der Waals surface area contributed by atoms with Crippen molar-refractivity contribution in [1.82, 2.24) is 25.4 Å². The van der Waals surface area contributed by atoms with Crippen LogP contribution >= 0.6 is 0 Å². The fourth-order valence-electron chi connectivity index (χ4n) is 1.99. The molecule has 0 bridgehead atoms. The summed E-state index contributed by atoms with van der Waals surface area (Å²) in [4.78, 5) is 18.1. The van der Waals surface area contributed by atoms with Gasteiger partial charge in [-0.05, 0) is 0 Å². The van der Waals surface area contributed by atoms with Gasteiger partial charge in [0.15, 0.2) is 0 Å². The summed E-state index contributed by atoms with van der Waals surface area (Å²) in [6.07, 6.45) is 0.0266. The SMILES string of the molecule is CN(CC1CNCCO1)C(=O)c1n[nH]c(C(C)(C)C)n1. The fraction of sp³-hybridized carbons (Fsp3) is 0.769. The first kappa shape index (κ1) is 14.9. The molecule has 1 aliphatic heterocycles. The highest BCUT2D eigenvalue weighted by atomic mass is 16.5. The normalized spacial score (nSPS) is 19.9. The van der Waals surface area contributed by atoms with Gasteiger partial charge in [0.25, 0.3) is 5.91 Å². The molecule has 1 atom stereocenters. The number of hydrogen-bond acceptors (Lipinski definition) is 5. The molecule has 2 N–H and O–H groups in total. The van der Waals surface area contributed by atoms with Gasteiger partial charge in [-0.3, -0.25) is 9.89 Å². The van der Waals surface area contributed by atoms with Crippen LogP contribution in [-0.4, -0.2) is 65.4 Å². The lowest BCUT2D eigenvalue weighted by atomic mass is 9.96. The number of hydrogen-bond donors (Lipinski definition) is 2. The number of morpholine rings is 1. The molecule has 0 aromatic carbocycles. The van der Waals surface area contributed by atoms with Gasteiger partial charge >= 0.3 is 0 Å². The molecule has 7 nitrogen and oxygen atoms in total. The van der Waals surface area contributed by atoms with E-state index in [9.17, 15) is 4.79 Å². The van der Waals surface area contributed by atoms with E-state index < -0.39 is 0 Å². The van der Waals surface area contributed by atoms with E-state index in [1.165, 1.54) is 0 Å². The van der Waals surface area contributed by atoms with Crippen molar-refractivity contribution in [3.05, 3.63) is 11.6 Å². The maximum Gasteiger partial charge on any atom is 0.293 e. The molecule has 20 heavy (non-hydrogen) atoms. The van der Waals surface area contributed by atoms with Crippen molar-refractivity contribution in [2.45, 2.75) is 32.3 Å². The zero-order valence-electron chi connectivity index (χ0n) is 12.6. The first-order chi connectivity index (χ1) is 9.38. The van der Waals surface area contributed by atoms with E-state index in [0.29, 0.717) is 19.0 Å². The Bertz CT molecular complexity index is 460. The molecule has 0 spiro atoms. The number of likely N-dealkylation sites (N-methyl/N-ethyl adjacent to an activating group) is 1. The highest BCUT2D eigenvalue weighted by Gasteiger charge is 2.25. The molecule has 2 heterocycles. The molecule has 0 saturated carbocycles. The third-order valence-electron chi connectivity index (χ3n) is 3.22. The van der Waals surface area contributed by atoms with Crippen LogP contribution in [-0.2, 0) is 10.2 Å². The number of carbonyl (C=O) groups is 1. The predicted octanol–water partition coefficient (Wildman–Crippen LogP) is 0.163. The van der Waals surface area contributed by atoms with Crippen LogP contribution in [0.5, 0.6) is 0 Å². The van der Waals surface area contributed by atoms with E-state index in [0.717, 1.165) is 13.1 Å². The number of aromatic nitrogens is 3. The van der Waals surface area contributed by atoms with Gasteiger partial charge in [-0.1, -0.05) is 20.8 Å². The number of H-pyrrole nitrogens is 1. The molecule has 1 unspecified atom stereocenters. The minimum Gasteiger partial charge on any atom is -0.374 e. The molecule has 1 aliphatic rings. The maximum atomic E-state index is 12.3. The van der Waals surface area contributed by atoms with Crippen LogP contribution in [0, 0.1) is 0 Å². The van der Waals surface area contributed by atoms with Crippen LogP contribution < -0.4 is 5.32 Å². The van der Waals surface area contributed by atoms with Gasteiger partial charge in [-0.25, -0.2) is 4.98 Å². The second kappa shape index (κ2) is 5.88. The summed E-state index contributed by atoms with van der Waals surface area (Å²) in [7, 11) is 1.74. The molecular formula is C13H23N5O2. The van der Waals surface area contributed by atoms with Crippen molar-refractivity contribution in [2.75, 3.05) is 33.3 Å². The molecule has 1 fully saturated rings. The summed E-state index contributed by atoms with van der Waals surface area (Å²) < 4.78 is 5.59. The van der Waals surface area contributed by atoms with Crippen molar-refractivity contribution >= 4 is 5.91 Å². The van der Waals surface area contributed by atoms with E-state index in [-0.39, 0.29) is 23.3 Å². The summed E-state index contributed by atoms with van der Waals surface area (Å²) in [5.41, 5.74) is -0.152. The van der Waals surface area contributed by atoms with E-state index in [1.54, 1.807) is 11.9 Å². The summed E-state index contributed by atoms with van der Waals surface area (Å²) >= 11 is 0. The molecule has 1 aromatic heterocycles. The van der Waals surface area contributed by atoms with E-state index in [1.807, 2.05) is 20.8 Å². The second-order valence-corrected chi connectivity index (χ2v) is 6.14. The molecule has 7 heteroatoms. The van der Waals surface area contributed by atoms with Crippen molar-refractivity contribution in [1.29, 1.82) is 0 Å². The Morgan fingerprint density at radius 2 is 2.25 bits per heavy atom. The summed E-state index contributed by atoms with van der Waals surface area (Å²) in [5, 5.41) is 10.1. The van der Waals surface area contributed by atoms with Crippen LogP contribution in [0.1, 0.15) is 37.2 Å². The highest BCUT2D eigenvalue weighted by molar-refractivity contribution is 5.90. The lowest BCUT2D eigenvalue weighted by Crippen LogP contribution is -2.45. The largest absolute Gasteiger partial charge is 0.374 e. The van der Waals surface area contributed by atoms with Crippen LogP contribution in [0.25, 0.3) is 0 Å². The van der Waals surface area contributed by atoms with Gasteiger partial charge in [0.2, 0.25) is 5.82 Å². The highest BCUT2D eigenvalue weighted by Crippen LogP contribution is 2.17. The van der Waals surface area contributed by atoms with Gasteiger partial charge in [-0.15, -0.1) is 5.10 Å². The molecule has 112 valence electrons. The Labute approximate surface area is 119 Å². The van der Waals surface area contributed by atoms with Crippen LogP contribution in [0.15, 0.2) is 0 Å². The quantitative estimate of drug-likeness (QED) is 0.825. The monoisotopic (exact) mass is 281 g/mol. The number of nitrogens with zero attached hydrogens (tertiary/aromatic N) is 3. The van der Waals surface area contributed by atoms with Gasteiger partial charge < -0.3 is 15.0 Å². The average molecular weight is 281 g/mol. The van der Waals surface area contributed by atoms with E-state index in [4.69, 9.17) is 4.74 Å². The van der Waals surface area contributed by atoms with Crippen LogP contribution in [0.2, 0.25) is 0 Å². The first-order valence-corrected chi connectivity index (χ1v) is 6.88. The first-order valence-electron chi connectivity index (χ1n) is 6.88.